The highest BCUT2D eigenvalue weighted by atomic mass is 35.5. The largest absolute Gasteiger partial charge is 0.292 e. The Hall–Kier alpha value is -1.68. The summed E-state index contributed by atoms with van der Waals surface area (Å²) in [5, 5.41) is 0.461. The number of likely N-dealkylation sites (tertiary alicyclic amines) is 1. The zero-order valence-corrected chi connectivity index (χ0v) is 10.2. The number of halogens is 1. The van der Waals surface area contributed by atoms with Crippen molar-refractivity contribution in [1.29, 1.82) is 0 Å². The van der Waals surface area contributed by atoms with Gasteiger partial charge in [-0.3, -0.25) is 19.3 Å². The lowest BCUT2D eigenvalue weighted by atomic mass is 10.1. The van der Waals surface area contributed by atoms with Crippen LogP contribution in [0.3, 0.4) is 0 Å². The topological polar surface area (TPSA) is 54.5 Å². The van der Waals surface area contributed by atoms with E-state index in [1.54, 1.807) is 18.2 Å². The predicted molar refractivity (Wildman–Crippen MR) is 64.1 cm³/mol. The second-order valence-electron chi connectivity index (χ2n) is 4.64. The van der Waals surface area contributed by atoms with Crippen LogP contribution in [0.25, 0.3) is 0 Å². The zero-order valence-electron chi connectivity index (χ0n) is 9.43. The summed E-state index contributed by atoms with van der Waals surface area (Å²) in [7, 11) is 0. The summed E-state index contributed by atoms with van der Waals surface area (Å²) in [4.78, 5) is 36.5. The van der Waals surface area contributed by atoms with Gasteiger partial charge in [-0.1, -0.05) is 23.7 Å². The molecule has 5 heteroatoms. The molecule has 1 aromatic carbocycles. The summed E-state index contributed by atoms with van der Waals surface area (Å²) in [6.07, 6.45) is 0.652. The molecule has 2 atom stereocenters. The average molecular weight is 264 g/mol. The van der Waals surface area contributed by atoms with Crippen LogP contribution >= 0.6 is 11.6 Å². The molecule has 1 heterocycles. The maximum absolute atomic E-state index is 12.0. The molecule has 4 nitrogen and oxygen atoms in total. The molecule has 2 fully saturated rings. The van der Waals surface area contributed by atoms with Crippen molar-refractivity contribution in [2.75, 3.05) is 6.54 Å². The van der Waals surface area contributed by atoms with Crippen molar-refractivity contribution in [2.45, 2.75) is 6.42 Å². The highest BCUT2D eigenvalue weighted by Gasteiger charge is 2.58. The van der Waals surface area contributed by atoms with Crippen LogP contribution in [-0.2, 0) is 9.59 Å². The Morgan fingerprint density at radius 1 is 1.28 bits per heavy atom. The molecule has 0 bridgehead atoms. The fourth-order valence-electron chi connectivity index (χ4n) is 2.30. The molecule has 2 unspecified atom stereocenters. The van der Waals surface area contributed by atoms with Crippen molar-refractivity contribution in [3.05, 3.63) is 34.9 Å². The number of hydrogen-bond acceptors (Lipinski definition) is 3. The van der Waals surface area contributed by atoms with Gasteiger partial charge in [0.2, 0.25) is 11.8 Å². The van der Waals surface area contributed by atoms with Crippen LogP contribution in [0.2, 0.25) is 5.02 Å². The van der Waals surface area contributed by atoms with Gasteiger partial charge in [-0.15, -0.1) is 0 Å². The van der Waals surface area contributed by atoms with Gasteiger partial charge in [0, 0.05) is 10.6 Å². The minimum Gasteiger partial charge on any atom is -0.292 e. The number of piperidine rings is 1. The van der Waals surface area contributed by atoms with E-state index in [1.165, 1.54) is 6.07 Å². The number of fused-ring (bicyclic) bond motifs is 1. The summed E-state index contributed by atoms with van der Waals surface area (Å²) in [5.74, 6) is -1.00. The summed E-state index contributed by atoms with van der Waals surface area (Å²) in [6.45, 7) is -0.176. The lowest BCUT2D eigenvalue weighted by molar-refractivity contribution is -0.140. The van der Waals surface area contributed by atoms with Gasteiger partial charge in [-0.2, -0.15) is 0 Å². The molecule has 1 aromatic rings. The van der Waals surface area contributed by atoms with E-state index >= 15 is 0 Å². The summed E-state index contributed by atoms with van der Waals surface area (Å²) in [6, 6.07) is 6.50. The number of Topliss-reactive ketones (excluding diaryl/α,β-unsaturated/α-hetero) is 1. The molecule has 18 heavy (non-hydrogen) atoms. The summed E-state index contributed by atoms with van der Waals surface area (Å²) < 4.78 is 0. The fraction of sp³-hybridized carbons (Fsp3) is 0.308. The smallest absolute Gasteiger partial charge is 0.233 e. The van der Waals surface area contributed by atoms with Gasteiger partial charge in [0.25, 0.3) is 0 Å². The van der Waals surface area contributed by atoms with E-state index < -0.39 is 0 Å². The van der Waals surface area contributed by atoms with Gasteiger partial charge in [0.1, 0.15) is 0 Å². The maximum Gasteiger partial charge on any atom is 0.233 e. The predicted octanol–water partition coefficient (Wildman–Crippen LogP) is 1.53. The molecule has 1 saturated heterocycles. The van der Waals surface area contributed by atoms with Crippen LogP contribution < -0.4 is 0 Å². The maximum atomic E-state index is 12.0. The van der Waals surface area contributed by atoms with E-state index in [0.29, 0.717) is 17.0 Å². The minimum absolute atomic E-state index is 0.162. The van der Waals surface area contributed by atoms with Gasteiger partial charge in [0.05, 0.1) is 18.4 Å². The van der Waals surface area contributed by atoms with Gasteiger partial charge in [0.15, 0.2) is 5.78 Å². The third-order valence-electron chi connectivity index (χ3n) is 3.41. The van der Waals surface area contributed by atoms with E-state index in [9.17, 15) is 14.4 Å². The molecule has 2 amide bonds. The highest BCUT2D eigenvalue weighted by Crippen LogP contribution is 2.46. The standard InChI is InChI=1S/C13H10ClNO3/c14-8-3-1-2-7(4-8)11(16)6-15-12(17)9-5-10(9)13(15)18/h1-4,9-10H,5-6H2. The molecule has 0 N–H and O–H groups in total. The first-order valence-corrected chi connectivity index (χ1v) is 6.09. The normalized spacial score (nSPS) is 25.3. The zero-order chi connectivity index (χ0) is 12.9. The number of amides is 2. The second kappa shape index (κ2) is 3.92. The first kappa shape index (κ1) is 11.4. The molecule has 1 aliphatic carbocycles. The summed E-state index contributed by atoms with van der Waals surface area (Å²) in [5.41, 5.74) is 0.420. The molecule has 0 spiro atoms. The van der Waals surface area contributed by atoms with Crippen molar-refractivity contribution >= 4 is 29.2 Å². The number of imide groups is 1. The van der Waals surface area contributed by atoms with Crippen LogP contribution in [0.4, 0.5) is 0 Å². The van der Waals surface area contributed by atoms with Crippen molar-refractivity contribution in [3.8, 4) is 0 Å². The van der Waals surface area contributed by atoms with Gasteiger partial charge in [-0.25, -0.2) is 0 Å². The Morgan fingerprint density at radius 3 is 2.56 bits per heavy atom. The third kappa shape index (κ3) is 1.73. The van der Waals surface area contributed by atoms with Crippen LogP contribution in [0.15, 0.2) is 24.3 Å². The van der Waals surface area contributed by atoms with E-state index in [2.05, 4.69) is 0 Å². The van der Waals surface area contributed by atoms with E-state index in [4.69, 9.17) is 11.6 Å². The van der Waals surface area contributed by atoms with Crippen LogP contribution in [0.1, 0.15) is 16.8 Å². The van der Waals surface area contributed by atoms with Gasteiger partial charge < -0.3 is 0 Å². The monoisotopic (exact) mass is 263 g/mol. The first-order valence-electron chi connectivity index (χ1n) is 5.72. The first-order chi connectivity index (χ1) is 8.58. The molecule has 1 saturated carbocycles. The van der Waals surface area contributed by atoms with Crippen molar-refractivity contribution in [2.24, 2.45) is 11.8 Å². The Kier molecular flexibility index (Phi) is 2.48. The fourth-order valence-corrected chi connectivity index (χ4v) is 2.49. The second-order valence-corrected chi connectivity index (χ2v) is 5.08. The van der Waals surface area contributed by atoms with Crippen LogP contribution in [0.5, 0.6) is 0 Å². The lowest BCUT2D eigenvalue weighted by Gasteiger charge is -2.15. The number of hydrogen-bond donors (Lipinski definition) is 0. The Balaban J connectivity index is 1.75. The average Bonchev–Trinajstić information content (AvgIpc) is 3.10. The molecule has 0 aromatic heterocycles. The number of ketones is 1. The lowest BCUT2D eigenvalue weighted by Crippen LogP contribution is -2.37. The number of benzene rings is 1. The molecule has 1 aliphatic heterocycles. The Labute approximate surface area is 109 Å². The third-order valence-corrected chi connectivity index (χ3v) is 3.64. The number of carbonyl (C=O) groups is 3. The molecule has 92 valence electrons. The van der Waals surface area contributed by atoms with Crippen molar-refractivity contribution < 1.29 is 14.4 Å². The highest BCUT2D eigenvalue weighted by molar-refractivity contribution is 6.31. The molecular formula is C13H10ClNO3. The molecule has 3 rings (SSSR count). The van der Waals surface area contributed by atoms with E-state index in [0.717, 1.165) is 4.90 Å². The Bertz CT molecular complexity index is 549. The number of nitrogens with zero attached hydrogens (tertiary/aromatic N) is 1. The van der Waals surface area contributed by atoms with Crippen LogP contribution in [-0.4, -0.2) is 29.0 Å². The van der Waals surface area contributed by atoms with Crippen LogP contribution in [0, 0.1) is 11.8 Å². The van der Waals surface area contributed by atoms with Crippen molar-refractivity contribution in [3.63, 3.8) is 0 Å². The van der Waals surface area contributed by atoms with E-state index in [-0.39, 0.29) is 36.0 Å². The molecule has 0 radical (unpaired) electrons. The van der Waals surface area contributed by atoms with Crippen molar-refractivity contribution in [1.82, 2.24) is 4.90 Å². The molecule has 2 aliphatic rings. The Morgan fingerprint density at radius 2 is 1.94 bits per heavy atom. The molecular weight excluding hydrogens is 254 g/mol. The number of rotatable bonds is 3. The number of carbonyl (C=O) groups excluding carboxylic acids is 3. The minimum atomic E-state index is -0.263. The van der Waals surface area contributed by atoms with Gasteiger partial charge in [-0.05, 0) is 18.6 Å². The quantitative estimate of drug-likeness (QED) is 0.614. The summed E-state index contributed by atoms with van der Waals surface area (Å²) >= 11 is 5.79. The van der Waals surface area contributed by atoms with E-state index in [1.807, 2.05) is 0 Å². The SMILES string of the molecule is O=C(CN1C(=O)C2CC2C1=O)c1cccc(Cl)c1. The van der Waals surface area contributed by atoms with Gasteiger partial charge >= 0.3 is 0 Å².